The van der Waals surface area contributed by atoms with Gasteiger partial charge >= 0.3 is 0 Å². The summed E-state index contributed by atoms with van der Waals surface area (Å²) in [5.41, 5.74) is 2.27. The van der Waals surface area contributed by atoms with Crippen molar-refractivity contribution in [3.05, 3.63) is 35.4 Å². The molecule has 0 radical (unpaired) electrons. The minimum absolute atomic E-state index is 0.000622. The number of hydrogen-bond acceptors (Lipinski definition) is 3. The molecule has 1 atom stereocenters. The maximum Gasteiger partial charge on any atom is 0.235 e. The first-order chi connectivity index (χ1) is 10.3. The largest absolute Gasteiger partial charge is 0.348 e. The van der Waals surface area contributed by atoms with Gasteiger partial charge in [0, 0.05) is 7.05 Å². The van der Waals surface area contributed by atoms with E-state index in [1.165, 1.54) is 7.05 Å². The van der Waals surface area contributed by atoms with Crippen molar-refractivity contribution in [2.45, 2.75) is 32.7 Å². The highest BCUT2D eigenvalue weighted by Gasteiger charge is 2.34. The lowest BCUT2D eigenvalue weighted by Gasteiger charge is -2.22. The Bertz CT molecular complexity index is 639. The van der Waals surface area contributed by atoms with Gasteiger partial charge in [-0.05, 0) is 43.7 Å². The van der Waals surface area contributed by atoms with Gasteiger partial charge in [0.1, 0.15) is 0 Å². The standard InChI is InChI=1S/C16H24N2O3S/c1-4-22(20,21)18(3)11-15(19)17-16(13-9-10-13)14-8-6-5-7-12(14)2/h5-8,13,16H,4,9-11H2,1-3H3,(H,17,19). The Kier molecular flexibility index (Phi) is 5.24. The molecule has 6 heteroatoms. The number of hydrogen-bond donors (Lipinski definition) is 1. The molecule has 0 heterocycles. The Morgan fingerprint density at radius 2 is 2.00 bits per heavy atom. The number of rotatable bonds is 7. The molecule has 1 aliphatic rings. The van der Waals surface area contributed by atoms with Crippen molar-refractivity contribution >= 4 is 15.9 Å². The van der Waals surface area contributed by atoms with Crippen LogP contribution in [0.5, 0.6) is 0 Å². The first-order valence-corrected chi connectivity index (χ1v) is 9.25. The summed E-state index contributed by atoms with van der Waals surface area (Å²) in [6.45, 7) is 3.47. The van der Waals surface area contributed by atoms with Crippen LogP contribution in [0.15, 0.2) is 24.3 Å². The second-order valence-electron chi connectivity index (χ2n) is 5.90. The van der Waals surface area contributed by atoms with E-state index in [-0.39, 0.29) is 24.2 Å². The molecule has 0 saturated heterocycles. The molecule has 1 aromatic rings. The molecule has 1 saturated carbocycles. The van der Waals surface area contributed by atoms with Crippen LogP contribution in [0.3, 0.4) is 0 Å². The third-order valence-electron chi connectivity index (χ3n) is 4.14. The van der Waals surface area contributed by atoms with Crippen LogP contribution in [0.25, 0.3) is 0 Å². The first kappa shape index (κ1) is 17.0. The predicted octanol–water partition coefficient (Wildman–Crippen LogP) is 1.84. The zero-order chi connectivity index (χ0) is 16.3. The van der Waals surface area contributed by atoms with E-state index in [9.17, 15) is 13.2 Å². The second-order valence-corrected chi connectivity index (χ2v) is 8.26. The summed E-state index contributed by atoms with van der Waals surface area (Å²) < 4.78 is 24.6. The summed E-state index contributed by atoms with van der Waals surface area (Å²) in [5.74, 6) is 0.207. The van der Waals surface area contributed by atoms with Crippen LogP contribution in [-0.4, -0.2) is 38.0 Å². The predicted molar refractivity (Wildman–Crippen MR) is 86.9 cm³/mol. The van der Waals surface area contributed by atoms with Gasteiger partial charge in [0.15, 0.2) is 0 Å². The monoisotopic (exact) mass is 324 g/mol. The number of sulfonamides is 1. The Balaban J connectivity index is 2.06. The maximum absolute atomic E-state index is 12.2. The van der Waals surface area contributed by atoms with Gasteiger partial charge in [-0.1, -0.05) is 24.3 Å². The Morgan fingerprint density at radius 1 is 1.36 bits per heavy atom. The molecular formula is C16H24N2O3S. The van der Waals surface area contributed by atoms with E-state index in [1.807, 2.05) is 31.2 Å². The van der Waals surface area contributed by atoms with Crippen molar-refractivity contribution in [3.8, 4) is 0 Å². The molecule has 0 spiro atoms. The molecule has 122 valence electrons. The highest BCUT2D eigenvalue weighted by atomic mass is 32.2. The van der Waals surface area contributed by atoms with E-state index < -0.39 is 10.0 Å². The fraction of sp³-hybridized carbons (Fsp3) is 0.562. The second kappa shape index (κ2) is 6.79. The van der Waals surface area contributed by atoms with Crippen LogP contribution in [-0.2, 0) is 14.8 Å². The van der Waals surface area contributed by atoms with Gasteiger partial charge in [-0.2, -0.15) is 4.31 Å². The summed E-state index contributed by atoms with van der Waals surface area (Å²) in [6, 6.07) is 7.99. The van der Waals surface area contributed by atoms with Gasteiger partial charge in [0.05, 0.1) is 18.3 Å². The summed E-state index contributed by atoms with van der Waals surface area (Å²) in [4.78, 5) is 12.2. The van der Waals surface area contributed by atoms with Crippen molar-refractivity contribution in [2.75, 3.05) is 19.3 Å². The molecule has 1 amide bonds. The lowest BCUT2D eigenvalue weighted by molar-refractivity contribution is -0.122. The topological polar surface area (TPSA) is 66.5 Å². The summed E-state index contributed by atoms with van der Waals surface area (Å²) in [7, 11) is -1.89. The molecule has 0 aliphatic heterocycles. The number of amides is 1. The third kappa shape index (κ3) is 4.08. The van der Waals surface area contributed by atoms with Crippen LogP contribution in [0.2, 0.25) is 0 Å². The van der Waals surface area contributed by atoms with E-state index in [0.717, 1.165) is 28.3 Å². The molecule has 1 N–H and O–H groups in total. The lowest BCUT2D eigenvalue weighted by Crippen LogP contribution is -2.40. The van der Waals surface area contributed by atoms with Crippen molar-refractivity contribution < 1.29 is 13.2 Å². The minimum Gasteiger partial charge on any atom is -0.348 e. The number of nitrogens with one attached hydrogen (secondary N) is 1. The van der Waals surface area contributed by atoms with E-state index in [1.54, 1.807) is 6.92 Å². The van der Waals surface area contributed by atoms with E-state index >= 15 is 0 Å². The zero-order valence-corrected chi connectivity index (χ0v) is 14.2. The van der Waals surface area contributed by atoms with E-state index in [2.05, 4.69) is 5.32 Å². The summed E-state index contributed by atoms with van der Waals surface area (Å²) in [5, 5.41) is 3.02. The average Bonchev–Trinajstić information content (AvgIpc) is 3.30. The van der Waals surface area contributed by atoms with Gasteiger partial charge in [0.2, 0.25) is 15.9 Å². The highest BCUT2D eigenvalue weighted by molar-refractivity contribution is 7.89. The molecule has 2 rings (SSSR count). The van der Waals surface area contributed by atoms with Crippen LogP contribution in [0, 0.1) is 12.8 Å². The first-order valence-electron chi connectivity index (χ1n) is 7.64. The quantitative estimate of drug-likeness (QED) is 0.832. The maximum atomic E-state index is 12.2. The SMILES string of the molecule is CCS(=O)(=O)N(C)CC(=O)NC(c1ccccc1C)C1CC1. The Labute approximate surface area is 132 Å². The van der Waals surface area contributed by atoms with Gasteiger partial charge < -0.3 is 5.32 Å². The molecule has 5 nitrogen and oxygen atoms in total. The lowest BCUT2D eigenvalue weighted by atomic mass is 9.97. The van der Waals surface area contributed by atoms with Gasteiger partial charge in [-0.25, -0.2) is 8.42 Å². The van der Waals surface area contributed by atoms with Crippen LogP contribution < -0.4 is 5.32 Å². The van der Waals surface area contributed by atoms with Crippen molar-refractivity contribution in [3.63, 3.8) is 0 Å². The highest BCUT2D eigenvalue weighted by Crippen LogP contribution is 2.41. The van der Waals surface area contributed by atoms with Crippen molar-refractivity contribution in [1.29, 1.82) is 0 Å². The number of aryl methyl sites for hydroxylation is 1. The van der Waals surface area contributed by atoms with Gasteiger partial charge in [-0.15, -0.1) is 0 Å². The number of carbonyl (C=O) groups excluding carboxylic acids is 1. The van der Waals surface area contributed by atoms with Crippen LogP contribution in [0.1, 0.15) is 36.9 Å². The van der Waals surface area contributed by atoms with Gasteiger partial charge in [-0.3, -0.25) is 4.79 Å². The average molecular weight is 324 g/mol. The number of likely N-dealkylation sites (N-methyl/N-ethyl adjacent to an activating group) is 1. The molecule has 1 aliphatic carbocycles. The fourth-order valence-corrected chi connectivity index (χ4v) is 3.31. The number of carbonyl (C=O) groups is 1. The van der Waals surface area contributed by atoms with Gasteiger partial charge in [0.25, 0.3) is 0 Å². The smallest absolute Gasteiger partial charge is 0.235 e. The van der Waals surface area contributed by atoms with Crippen molar-refractivity contribution in [1.82, 2.24) is 9.62 Å². The normalized spacial score (nSPS) is 16.5. The molecule has 0 bridgehead atoms. The van der Waals surface area contributed by atoms with Crippen LogP contribution >= 0.6 is 0 Å². The van der Waals surface area contributed by atoms with E-state index in [0.29, 0.717) is 5.92 Å². The molecule has 1 aromatic carbocycles. The summed E-state index contributed by atoms with van der Waals surface area (Å²) >= 11 is 0. The number of benzene rings is 1. The zero-order valence-electron chi connectivity index (χ0n) is 13.4. The molecule has 22 heavy (non-hydrogen) atoms. The summed E-state index contributed by atoms with van der Waals surface area (Å²) in [6.07, 6.45) is 2.20. The van der Waals surface area contributed by atoms with Crippen molar-refractivity contribution in [2.24, 2.45) is 5.92 Å². The molecule has 1 unspecified atom stereocenters. The Morgan fingerprint density at radius 3 is 2.55 bits per heavy atom. The molecule has 0 aromatic heterocycles. The Hall–Kier alpha value is -1.40. The fourth-order valence-electron chi connectivity index (χ4n) is 2.55. The number of nitrogens with zero attached hydrogens (tertiary/aromatic N) is 1. The minimum atomic E-state index is -3.33. The molecular weight excluding hydrogens is 300 g/mol. The van der Waals surface area contributed by atoms with E-state index in [4.69, 9.17) is 0 Å². The third-order valence-corrected chi connectivity index (χ3v) is 5.95. The molecule has 1 fully saturated rings. The van der Waals surface area contributed by atoms with Crippen LogP contribution in [0.4, 0.5) is 0 Å².